The van der Waals surface area contributed by atoms with E-state index in [0.29, 0.717) is 42.5 Å². The van der Waals surface area contributed by atoms with E-state index in [-0.39, 0.29) is 5.91 Å². The van der Waals surface area contributed by atoms with E-state index in [2.05, 4.69) is 10.1 Å². The summed E-state index contributed by atoms with van der Waals surface area (Å²) in [5.74, 6) is 1.11. The fourth-order valence-corrected chi connectivity index (χ4v) is 3.15. The molecule has 1 amide bonds. The van der Waals surface area contributed by atoms with Gasteiger partial charge in [-0.15, -0.1) is 0 Å². The highest BCUT2D eigenvalue weighted by Crippen LogP contribution is 2.23. The first-order chi connectivity index (χ1) is 12.0. The molecule has 1 N–H and O–H groups in total. The summed E-state index contributed by atoms with van der Waals surface area (Å²) in [6, 6.07) is 3.53. The number of imidazole rings is 1. The van der Waals surface area contributed by atoms with E-state index in [1.54, 1.807) is 34.9 Å². The first kappa shape index (κ1) is 15.6. The largest absolute Gasteiger partial charge is 0.469 e. The van der Waals surface area contributed by atoms with Crippen molar-refractivity contribution in [3.63, 3.8) is 0 Å². The monoisotopic (exact) mass is 341 g/mol. The van der Waals surface area contributed by atoms with Crippen LogP contribution in [0.1, 0.15) is 39.4 Å². The van der Waals surface area contributed by atoms with E-state index < -0.39 is 6.10 Å². The highest BCUT2D eigenvalue weighted by molar-refractivity contribution is 5.95. The van der Waals surface area contributed by atoms with Crippen molar-refractivity contribution in [1.29, 1.82) is 0 Å². The van der Waals surface area contributed by atoms with Gasteiger partial charge in [0.25, 0.3) is 5.91 Å². The number of aliphatic hydroxyl groups is 1. The molecule has 8 heteroatoms. The molecule has 0 spiro atoms. The second-order valence-electron chi connectivity index (χ2n) is 6.20. The van der Waals surface area contributed by atoms with Crippen molar-refractivity contribution in [3.05, 3.63) is 59.3 Å². The Labute approximate surface area is 144 Å². The molecule has 1 aliphatic rings. The lowest BCUT2D eigenvalue weighted by Crippen LogP contribution is -2.38. The van der Waals surface area contributed by atoms with E-state index in [1.165, 1.54) is 6.26 Å². The van der Waals surface area contributed by atoms with E-state index in [4.69, 9.17) is 4.42 Å². The van der Waals surface area contributed by atoms with Crippen molar-refractivity contribution in [2.75, 3.05) is 6.54 Å². The second-order valence-corrected chi connectivity index (χ2v) is 6.20. The Bertz CT molecular complexity index is 923. The normalized spacial score (nSPS) is 15.2. The lowest BCUT2D eigenvalue weighted by atomic mass is 10.2. The maximum atomic E-state index is 12.6. The van der Waals surface area contributed by atoms with Crippen LogP contribution in [0.2, 0.25) is 0 Å². The number of hydrogen-bond donors (Lipinski definition) is 1. The Kier molecular flexibility index (Phi) is 3.69. The zero-order valence-corrected chi connectivity index (χ0v) is 14.1. The molecule has 0 saturated heterocycles. The van der Waals surface area contributed by atoms with Gasteiger partial charge >= 0.3 is 0 Å². The van der Waals surface area contributed by atoms with E-state index in [1.807, 2.05) is 17.8 Å². The van der Waals surface area contributed by atoms with E-state index in [0.717, 1.165) is 5.69 Å². The van der Waals surface area contributed by atoms with Crippen molar-refractivity contribution in [2.24, 2.45) is 7.05 Å². The molecule has 0 saturated carbocycles. The minimum atomic E-state index is -0.890. The number of carbonyl (C=O) groups excluding carboxylic acids is 1. The molecule has 0 aromatic carbocycles. The molecular weight excluding hydrogens is 322 g/mol. The fraction of sp³-hybridized carbons (Fsp3) is 0.353. The highest BCUT2D eigenvalue weighted by Gasteiger charge is 2.27. The Morgan fingerprint density at radius 1 is 1.40 bits per heavy atom. The van der Waals surface area contributed by atoms with Crippen LogP contribution in [0, 0.1) is 6.92 Å². The van der Waals surface area contributed by atoms with E-state index in [9.17, 15) is 9.90 Å². The number of hydrogen-bond acceptors (Lipinski definition) is 5. The maximum Gasteiger partial charge on any atom is 0.257 e. The summed E-state index contributed by atoms with van der Waals surface area (Å²) in [7, 11) is 1.83. The molecule has 0 bridgehead atoms. The summed E-state index contributed by atoms with van der Waals surface area (Å²) >= 11 is 0. The molecule has 25 heavy (non-hydrogen) atoms. The second kappa shape index (κ2) is 5.89. The lowest BCUT2D eigenvalue weighted by molar-refractivity contribution is 0.0704. The fourth-order valence-electron chi connectivity index (χ4n) is 3.15. The number of amides is 1. The average Bonchev–Trinajstić information content (AvgIpc) is 3.32. The Balaban J connectivity index is 1.56. The quantitative estimate of drug-likeness (QED) is 0.774. The summed E-state index contributed by atoms with van der Waals surface area (Å²) in [4.78, 5) is 18.6. The SMILES string of the molecule is Cc1occc1C(=O)N1CCn2nc(C(O)c3nccn3C)cc2C1. The topological polar surface area (TPSA) is 89.3 Å². The van der Waals surface area contributed by atoms with Gasteiger partial charge in [0, 0.05) is 26.0 Å². The third-order valence-corrected chi connectivity index (χ3v) is 4.58. The lowest BCUT2D eigenvalue weighted by Gasteiger charge is -2.27. The van der Waals surface area contributed by atoms with Crippen molar-refractivity contribution in [2.45, 2.75) is 26.1 Å². The Morgan fingerprint density at radius 3 is 2.92 bits per heavy atom. The van der Waals surface area contributed by atoms with Crippen LogP contribution in [0.4, 0.5) is 0 Å². The predicted molar refractivity (Wildman–Crippen MR) is 87.7 cm³/mol. The number of fused-ring (bicyclic) bond motifs is 1. The average molecular weight is 341 g/mol. The molecule has 3 aromatic rings. The third kappa shape index (κ3) is 2.64. The third-order valence-electron chi connectivity index (χ3n) is 4.58. The van der Waals surface area contributed by atoms with Crippen molar-refractivity contribution in [1.82, 2.24) is 24.2 Å². The van der Waals surface area contributed by atoms with Gasteiger partial charge in [-0.3, -0.25) is 9.48 Å². The van der Waals surface area contributed by atoms with Gasteiger partial charge in [0.1, 0.15) is 11.6 Å². The van der Waals surface area contributed by atoms with Crippen LogP contribution < -0.4 is 0 Å². The summed E-state index contributed by atoms with van der Waals surface area (Å²) in [5, 5.41) is 15.0. The number of furan rings is 1. The van der Waals surface area contributed by atoms with Gasteiger partial charge in [-0.05, 0) is 19.1 Å². The Morgan fingerprint density at radius 2 is 2.24 bits per heavy atom. The molecule has 1 atom stereocenters. The van der Waals surface area contributed by atoms with Gasteiger partial charge in [0.05, 0.1) is 36.3 Å². The van der Waals surface area contributed by atoms with Gasteiger partial charge in [-0.25, -0.2) is 4.98 Å². The molecule has 3 aromatic heterocycles. The van der Waals surface area contributed by atoms with Gasteiger partial charge in [-0.1, -0.05) is 0 Å². The first-order valence-corrected chi connectivity index (χ1v) is 8.10. The summed E-state index contributed by atoms with van der Waals surface area (Å²) in [6.45, 7) is 3.38. The first-order valence-electron chi connectivity index (χ1n) is 8.10. The van der Waals surface area contributed by atoms with Crippen molar-refractivity contribution in [3.8, 4) is 0 Å². The van der Waals surface area contributed by atoms with Crippen LogP contribution in [0.5, 0.6) is 0 Å². The molecule has 8 nitrogen and oxygen atoms in total. The molecule has 130 valence electrons. The Hall–Kier alpha value is -2.87. The maximum absolute atomic E-state index is 12.6. The molecular formula is C17H19N5O3. The van der Waals surface area contributed by atoms with Crippen LogP contribution in [-0.2, 0) is 20.1 Å². The predicted octanol–water partition coefficient (Wildman–Crippen LogP) is 1.26. The summed E-state index contributed by atoms with van der Waals surface area (Å²) < 4.78 is 8.83. The molecule has 1 unspecified atom stereocenters. The molecule has 4 rings (SSSR count). The zero-order valence-electron chi connectivity index (χ0n) is 14.1. The summed E-state index contributed by atoms with van der Waals surface area (Å²) in [6.07, 6.45) is 4.06. The van der Waals surface area contributed by atoms with Gasteiger partial charge < -0.3 is 19.0 Å². The minimum Gasteiger partial charge on any atom is -0.469 e. The van der Waals surface area contributed by atoms with Crippen LogP contribution in [-0.4, -0.2) is 41.8 Å². The van der Waals surface area contributed by atoms with Crippen LogP contribution >= 0.6 is 0 Å². The minimum absolute atomic E-state index is 0.0510. The van der Waals surface area contributed by atoms with Gasteiger partial charge in [0.15, 0.2) is 6.10 Å². The molecule has 0 radical (unpaired) electrons. The van der Waals surface area contributed by atoms with E-state index >= 15 is 0 Å². The zero-order chi connectivity index (χ0) is 17.6. The standard InChI is InChI=1S/C17H19N5O3/c1-11-13(3-8-25-11)17(24)21-6-7-22-12(10-21)9-14(19-22)15(23)16-18-4-5-20(16)2/h3-5,8-9,15,23H,6-7,10H2,1-2H3. The number of nitrogens with zero attached hydrogens (tertiary/aromatic N) is 5. The molecule has 1 aliphatic heterocycles. The molecule has 0 fully saturated rings. The molecule has 4 heterocycles. The molecule has 0 aliphatic carbocycles. The van der Waals surface area contributed by atoms with Crippen LogP contribution in [0.3, 0.4) is 0 Å². The number of aromatic nitrogens is 4. The number of carbonyl (C=O) groups is 1. The number of aryl methyl sites for hydroxylation is 2. The van der Waals surface area contributed by atoms with Crippen LogP contribution in [0.15, 0.2) is 35.2 Å². The van der Waals surface area contributed by atoms with Crippen LogP contribution in [0.25, 0.3) is 0 Å². The smallest absolute Gasteiger partial charge is 0.257 e. The highest BCUT2D eigenvalue weighted by atomic mass is 16.3. The van der Waals surface area contributed by atoms with Crippen molar-refractivity contribution < 1.29 is 14.3 Å². The van der Waals surface area contributed by atoms with Crippen molar-refractivity contribution >= 4 is 5.91 Å². The number of aliphatic hydroxyl groups excluding tert-OH is 1. The van der Waals surface area contributed by atoms with Gasteiger partial charge in [0.2, 0.25) is 0 Å². The number of rotatable bonds is 3. The van der Waals surface area contributed by atoms with Gasteiger partial charge in [-0.2, -0.15) is 5.10 Å². The summed E-state index contributed by atoms with van der Waals surface area (Å²) in [5.41, 5.74) is 2.02.